The first-order valence-corrected chi connectivity index (χ1v) is 6.71. The number of likely N-dealkylation sites (tertiary alicyclic amines) is 1. The average Bonchev–Trinajstić information content (AvgIpc) is 3.03. The summed E-state index contributed by atoms with van der Waals surface area (Å²) in [6, 6.07) is 0. The predicted molar refractivity (Wildman–Crippen MR) is 69.1 cm³/mol. The Balaban J connectivity index is 1.66. The Hall–Kier alpha value is -2.51. The van der Waals surface area contributed by atoms with Crippen LogP contribution >= 0.6 is 0 Å². The molecule has 8 heteroatoms. The minimum absolute atomic E-state index is 0.145. The molecule has 1 aromatic rings. The van der Waals surface area contributed by atoms with Crippen molar-refractivity contribution < 1.29 is 19.5 Å². The van der Waals surface area contributed by atoms with Crippen LogP contribution in [0, 0.1) is 11.8 Å². The number of carboxylic acid groups (broad SMARTS) is 1. The zero-order valence-electron chi connectivity index (χ0n) is 11.2. The second kappa shape index (κ2) is 5.12. The highest BCUT2D eigenvalue weighted by Gasteiger charge is 2.46. The van der Waals surface area contributed by atoms with Crippen LogP contribution in [-0.4, -0.2) is 49.3 Å². The molecule has 2 heterocycles. The molecule has 21 heavy (non-hydrogen) atoms. The van der Waals surface area contributed by atoms with Crippen molar-refractivity contribution in [3.63, 3.8) is 0 Å². The lowest BCUT2D eigenvalue weighted by molar-refractivity contribution is -0.140. The number of carbonyl (C=O) groups excluding carboxylic acids is 2. The number of aromatic carboxylic acids is 1. The molecule has 1 aliphatic carbocycles. The van der Waals surface area contributed by atoms with Gasteiger partial charge in [0.1, 0.15) is 0 Å². The summed E-state index contributed by atoms with van der Waals surface area (Å²) in [5.41, 5.74) is -0.160. The van der Waals surface area contributed by atoms with Crippen LogP contribution in [-0.2, 0) is 16.1 Å². The summed E-state index contributed by atoms with van der Waals surface area (Å²) < 4.78 is 1.32. The average molecular weight is 290 g/mol. The normalized spacial score (nSPS) is 24.5. The second-order valence-electron chi connectivity index (χ2n) is 5.16. The Morgan fingerprint density at radius 1 is 1.19 bits per heavy atom. The Kier molecular flexibility index (Phi) is 3.28. The minimum Gasteiger partial charge on any atom is -0.476 e. The van der Waals surface area contributed by atoms with E-state index < -0.39 is 5.97 Å². The van der Waals surface area contributed by atoms with Gasteiger partial charge < -0.3 is 5.11 Å². The SMILES string of the molecule is O=C(O)c1cn(CCN2C(=O)[C@H]3CC=CC[C@H]3C2=O)nn1. The van der Waals surface area contributed by atoms with Crippen molar-refractivity contribution >= 4 is 17.8 Å². The van der Waals surface area contributed by atoms with Crippen LogP contribution < -0.4 is 0 Å². The summed E-state index contributed by atoms with van der Waals surface area (Å²) in [6.45, 7) is 0.428. The van der Waals surface area contributed by atoms with Gasteiger partial charge in [-0.05, 0) is 12.8 Å². The van der Waals surface area contributed by atoms with Crippen molar-refractivity contribution in [3.8, 4) is 0 Å². The highest BCUT2D eigenvalue weighted by molar-refractivity contribution is 6.05. The van der Waals surface area contributed by atoms with E-state index in [1.165, 1.54) is 15.8 Å². The molecule has 1 fully saturated rings. The van der Waals surface area contributed by atoms with Gasteiger partial charge in [-0.25, -0.2) is 9.48 Å². The van der Waals surface area contributed by atoms with Gasteiger partial charge in [-0.3, -0.25) is 14.5 Å². The molecule has 1 saturated heterocycles. The first-order chi connectivity index (χ1) is 10.1. The van der Waals surface area contributed by atoms with Gasteiger partial charge in [-0.2, -0.15) is 0 Å². The fourth-order valence-corrected chi connectivity index (χ4v) is 2.80. The molecule has 2 amide bonds. The fourth-order valence-electron chi connectivity index (χ4n) is 2.80. The Labute approximate surface area is 120 Å². The van der Waals surface area contributed by atoms with Gasteiger partial charge in [0, 0.05) is 6.54 Å². The highest BCUT2D eigenvalue weighted by Crippen LogP contribution is 2.34. The number of hydrogen-bond donors (Lipinski definition) is 1. The Morgan fingerprint density at radius 2 is 1.81 bits per heavy atom. The fraction of sp³-hybridized carbons (Fsp3) is 0.462. The van der Waals surface area contributed by atoms with E-state index in [-0.39, 0.29) is 42.4 Å². The Bertz CT molecular complexity index is 610. The van der Waals surface area contributed by atoms with E-state index in [1.54, 1.807) is 0 Å². The molecule has 8 nitrogen and oxygen atoms in total. The zero-order chi connectivity index (χ0) is 15.0. The number of aromatic nitrogens is 3. The van der Waals surface area contributed by atoms with Crippen LogP contribution in [0.3, 0.4) is 0 Å². The summed E-state index contributed by atoms with van der Waals surface area (Å²) in [5.74, 6) is -1.94. The molecule has 1 N–H and O–H groups in total. The second-order valence-corrected chi connectivity index (χ2v) is 5.16. The molecule has 0 unspecified atom stereocenters. The van der Waals surface area contributed by atoms with E-state index >= 15 is 0 Å². The van der Waals surface area contributed by atoms with E-state index in [1.807, 2.05) is 12.2 Å². The van der Waals surface area contributed by atoms with Gasteiger partial charge in [-0.15, -0.1) is 5.10 Å². The summed E-state index contributed by atoms with van der Waals surface area (Å²) >= 11 is 0. The molecule has 0 bridgehead atoms. The standard InChI is InChI=1S/C13H14N4O4/c18-11-8-3-1-2-4-9(8)12(19)17(11)6-5-16-7-10(13(20)21)14-15-16/h1-2,7-9H,3-6H2,(H,20,21)/t8-,9+. The monoisotopic (exact) mass is 290 g/mol. The van der Waals surface area contributed by atoms with Crippen molar-refractivity contribution in [2.45, 2.75) is 19.4 Å². The van der Waals surface area contributed by atoms with Crippen molar-refractivity contribution in [2.24, 2.45) is 11.8 Å². The van der Waals surface area contributed by atoms with Gasteiger partial charge in [0.15, 0.2) is 5.69 Å². The van der Waals surface area contributed by atoms with Gasteiger partial charge >= 0.3 is 5.97 Å². The zero-order valence-corrected chi connectivity index (χ0v) is 11.2. The van der Waals surface area contributed by atoms with Crippen LogP contribution in [0.25, 0.3) is 0 Å². The van der Waals surface area contributed by atoms with E-state index in [9.17, 15) is 14.4 Å². The van der Waals surface area contributed by atoms with Crippen molar-refractivity contribution in [2.75, 3.05) is 6.54 Å². The molecule has 1 aromatic heterocycles. The van der Waals surface area contributed by atoms with Gasteiger partial charge in [0.25, 0.3) is 0 Å². The van der Waals surface area contributed by atoms with Crippen LogP contribution in [0.5, 0.6) is 0 Å². The number of amides is 2. The third-order valence-electron chi connectivity index (χ3n) is 3.91. The number of imide groups is 1. The van der Waals surface area contributed by atoms with E-state index in [0.717, 1.165) is 0 Å². The first-order valence-electron chi connectivity index (χ1n) is 6.71. The number of nitrogens with zero attached hydrogens (tertiary/aromatic N) is 4. The highest BCUT2D eigenvalue weighted by atomic mass is 16.4. The smallest absolute Gasteiger partial charge is 0.358 e. The molecule has 0 aromatic carbocycles. The lowest BCUT2D eigenvalue weighted by atomic mass is 9.85. The molecule has 2 atom stereocenters. The molecule has 3 rings (SSSR count). The third kappa shape index (κ3) is 2.32. The molecule has 0 radical (unpaired) electrons. The van der Waals surface area contributed by atoms with Crippen LogP contribution in [0.15, 0.2) is 18.3 Å². The summed E-state index contributed by atoms with van der Waals surface area (Å²) in [5, 5.41) is 15.9. The lowest BCUT2D eigenvalue weighted by Crippen LogP contribution is -2.34. The summed E-state index contributed by atoms with van der Waals surface area (Å²) in [4.78, 5) is 36.4. The van der Waals surface area contributed by atoms with Crippen LogP contribution in [0.1, 0.15) is 23.3 Å². The third-order valence-corrected chi connectivity index (χ3v) is 3.91. The van der Waals surface area contributed by atoms with E-state index in [0.29, 0.717) is 12.8 Å². The number of carboxylic acids is 1. The predicted octanol–water partition coefficient (Wildman–Crippen LogP) is -0.0725. The molecule has 1 aliphatic heterocycles. The van der Waals surface area contributed by atoms with Crippen molar-refractivity contribution in [1.29, 1.82) is 0 Å². The topological polar surface area (TPSA) is 105 Å². The van der Waals surface area contributed by atoms with Gasteiger partial charge in [0.05, 0.1) is 24.6 Å². The van der Waals surface area contributed by atoms with E-state index in [2.05, 4.69) is 10.3 Å². The van der Waals surface area contributed by atoms with Gasteiger partial charge in [0.2, 0.25) is 11.8 Å². The molecular weight excluding hydrogens is 276 g/mol. The van der Waals surface area contributed by atoms with Crippen LogP contribution in [0.4, 0.5) is 0 Å². The molecule has 0 spiro atoms. The quantitative estimate of drug-likeness (QED) is 0.614. The van der Waals surface area contributed by atoms with Crippen molar-refractivity contribution in [3.05, 3.63) is 24.0 Å². The Morgan fingerprint density at radius 3 is 2.33 bits per heavy atom. The lowest BCUT2D eigenvalue weighted by Gasteiger charge is -2.14. The first kappa shape index (κ1) is 13.5. The molecule has 2 aliphatic rings. The summed E-state index contributed by atoms with van der Waals surface area (Å²) in [6.07, 6.45) is 6.37. The van der Waals surface area contributed by atoms with Gasteiger partial charge in [-0.1, -0.05) is 17.4 Å². The maximum absolute atomic E-state index is 12.2. The van der Waals surface area contributed by atoms with Crippen molar-refractivity contribution in [1.82, 2.24) is 19.9 Å². The summed E-state index contributed by atoms with van der Waals surface area (Å²) in [7, 11) is 0. The maximum atomic E-state index is 12.2. The molecule has 110 valence electrons. The largest absolute Gasteiger partial charge is 0.476 e. The number of rotatable bonds is 4. The van der Waals surface area contributed by atoms with Crippen LogP contribution in [0.2, 0.25) is 0 Å². The number of carbonyl (C=O) groups is 3. The number of allylic oxidation sites excluding steroid dienone is 2. The molecule has 0 saturated carbocycles. The number of fused-ring (bicyclic) bond motifs is 1. The maximum Gasteiger partial charge on any atom is 0.358 e. The number of hydrogen-bond acceptors (Lipinski definition) is 5. The van der Waals surface area contributed by atoms with E-state index in [4.69, 9.17) is 5.11 Å². The minimum atomic E-state index is -1.16. The molecular formula is C13H14N4O4.